The number of esters is 1. The van der Waals surface area contributed by atoms with Gasteiger partial charge >= 0.3 is 5.97 Å². The lowest BCUT2D eigenvalue weighted by atomic mass is 10.1. The van der Waals surface area contributed by atoms with Gasteiger partial charge in [0.15, 0.2) is 0 Å². The highest BCUT2D eigenvalue weighted by molar-refractivity contribution is 6.35. The molecule has 0 spiro atoms. The molecule has 1 aromatic carbocycles. The largest absolute Gasteiger partial charge is 0.420 e. The topological polar surface area (TPSA) is 74.9 Å². The van der Waals surface area contributed by atoms with E-state index in [9.17, 15) is 9.59 Å². The van der Waals surface area contributed by atoms with Crippen LogP contribution in [-0.2, 0) is 16.0 Å². The van der Waals surface area contributed by atoms with Crippen LogP contribution in [0, 0.1) is 0 Å². The lowest BCUT2D eigenvalue weighted by Crippen LogP contribution is -2.27. The molecule has 1 aliphatic heterocycles. The van der Waals surface area contributed by atoms with E-state index in [2.05, 4.69) is 0 Å². The first-order valence-corrected chi connectivity index (χ1v) is 3.60. The second-order valence-electron chi connectivity index (χ2n) is 2.60. The minimum absolute atomic E-state index is 0. The molecule has 0 fully saturated rings. The van der Waals surface area contributed by atoms with E-state index < -0.39 is 11.8 Å². The van der Waals surface area contributed by atoms with Crippen molar-refractivity contribution < 1.29 is 19.8 Å². The van der Waals surface area contributed by atoms with Gasteiger partial charge in [-0.15, -0.1) is 0 Å². The van der Waals surface area contributed by atoms with E-state index in [1.165, 1.54) is 0 Å². The van der Waals surface area contributed by atoms with E-state index in [0.717, 1.165) is 5.56 Å². The Morgan fingerprint density at radius 3 is 2.62 bits per heavy atom. The number of Topliss-reactive ketones (excluding diaryl/α,β-unsaturated/α-hetero) is 1. The number of carbonyl (C=O) groups excluding carboxylic acids is 2. The second-order valence-corrected chi connectivity index (χ2v) is 2.60. The number of ketones is 1. The van der Waals surface area contributed by atoms with Crippen LogP contribution in [0.3, 0.4) is 0 Å². The second kappa shape index (κ2) is 3.37. The molecule has 0 amide bonds. The molecule has 0 bridgehead atoms. The maximum absolute atomic E-state index is 10.9. The summed E-state index contributed by atoms with van der Waals surface area (Å²) in [4.78, 5) is 21.7. The van der Waals surface area contributed by atoms with Crippen molar-refractivity contribution >= 4 is 11.8 Å². The predicted molar refractivity (Wildman–Crippen MR) is 44.4 cm³/mol. The van der Waals surface area contributed by atoms with Crippen LogP contribution in [0.4, 0.5) is 0 Å². The molecule has 1 aliphatic rings. The Hall–Kier alpha value is -1.68. The molecule has 0 saturated heterocycles. The Morgan fingerprint density at radius 2 is 1.85 bits per heavy atom. The Bertz CT molecular complexity index is 321. The van der Waals surface area contributed by atoms with E-state index in [1.807, 2.05) is 6.07 Å². The Kier molecular flexibility index (Phi) is 2.44. The van der Waals surface area contributed by atoms with Gasteiger partial charge in [-0.1, -0.05) is 18.2 Å². The van der Waals surface area contributed by atoms with Gasteiger partial charge in [0.2, 0.25) is 5.78 Å². The summed E-state index contributed by atoms with van der Waals surface area (Å²) in [6.45, 7) is 0. The van der Waals surface area contributed by atoms with Gasteiger partial charge in [0, 0.05) is 12.0 Å². The zero-order valence-corrected chi connectivity index (χ0v) is 6.74. The van der Waals surface area contributed by atoms with Gasteiger partial charge in [-0.05, 0) is 6.07 Å². The molecule has 2 rings (SSSR count). The molecule has 68 valence electrons. The third-order valence-electron chi connectivity index (χ3n) is 1.75. The molecule has 0 unspecified atom stereocenters. The van der Waals surface area contributed by atoms with Crippen molar-refractivity contribution in [3.05, 3.63) is 29.8 Å². The molecule has 0 aromatic heterocycles. The fraction of sp³-hybridized carbons (Fsp3) is 0.111. The summed E-state index contributed by atoms with van der Waals surface area (Å²) < 4.78 is 4.76. The van der Waals surface area contributed by atoms with Crippen molar-refractivity contribution in [2.24, 2.45) is 0 Å². The van der Waals surface area contributed by atoms with E-state index in [4.69, 9.17) is 4.74 Å². The summed E-state index contributed by atoms with van der Waals surface area (Å²) >= 11 is 0. The SMILES string of the molecule is O.O=C1Cc2ccccc2OC1=O. The monoisotopic (exact) mass is 180 g/mol. The van der Waals surface area contributed by atoms with Crippen molar-refractivity contribution in [3.63, 3.8) is 0 Å². The van der Waals surface area contributed by atoms with Gasteiger partial charge in [0.1, 0.15) is 5.75 Å². The number of benzene rings is 1. The molecule has 0 saturated carbocycles. The van der Waals surface area contributed by atoms with Crippen LogP contribution in [-0.4, -0.2) is 17.2 Å². The molecule has 0 radical (unpaired) electrons. The highest BCUT2D eigenvalue weighted by Crippen LogP contribution is 2.22. The van der Waals surface area contributed by atoms with Crippen LogP contribution in [0.5, 0.6) is 5.75 Å². The fourth-order valence-electron chi connectivity index (χ4n) is 1.15. The van der Waals surface area contributed by atoms with Crippen LogP contribution in [0.2, 0.25) is 0 Å². The maximum atomic E-state index is 10.9. The summed E-state index contributed by atoms with van der Waals surface area (Å²) in [7, 11) is 0. The van der Waals surface area contributed by atoms with Gasteiger partial charge in [0.25, 0.3) is 0 Å². The van der Waals surface area contributed by atoms with E-state index in [1.54, 1.807) is 18.2 Å². The number of ether oxygens (including phenoxy) is 1. The zero-order chi connectivity index (χ0) is 8.55. The van der Waals surface area contributed by atoms with Gasteiger partial charge < -0.3 is 10.2 Å². The van der Waals surface area contributed by atoms with E-state index in [0.29, 0.717) is 5.75 Å². The van der Waals surface area contributed by atoms with Crippen molar-refractivity contribution in [1.29, 1.82) is 0 Å². The van der Waals surface area contributed by atoms with E-state index >= 15 is 0 Å². The van der Waals surface area contributed by atoms with Crippen molar-refractivity contribution in [1.82, 2.24) is 0 Å². The normalized spacial score (nSPS) is 14.2. The first-order valence-electron chi connectivity index (χ1n) is 3.60. The zero-order valence-electron chi connectivity index (χ0n) is 6.74. The Morgan fingerprint density at radius 1 is 1.15 bits per heavy atom. The standard InChI is InChI=1S/C9H6O3.H2O/c10-7-5-6-3-1-2-4-8(6)12-9(7)11;/h1-4H,5H2;1H2. The van der Waals surface area contributed by atoms with Crippen molar-refractivity contribution in [2.45, 2.75) is 6.42 Å². The lowest BCUT2D eigenvalue weighted by molar-refractivity contribution is -0.147. The molecule has 1 aromatic rings. The number of hydrogen-bond acceptors (Lipinski definition) is 3. The molecule has 4 nitrogen and oxygen atoms in total. The first-order chi connectivity index (χ1) is 5.77. The number of carbonyl (C=O) groups is 2. The lowest BCUT2D eigenvalue weighted by Gasteiger charge is -2.12. The van der Waals surface area contributed by atoms with Gasteiger partial charge in [-0.25, -0.2) is 4.79 Å². The smallest absolute Gasteiger partial charge is 0.380 e. The molecule has 4 heteroatoms. The molecule has 13 heavy (non-hydrogen) atoms. The van der Waals surface area contributed by atoms with Crippen LogP contribution in [0.1, 0.15) is 5.56 Å². The van der Waals surface area contributed by atoms with Crippen LogP contribution in [0.15, 0.2) is 24.3 Å². The molecular formula is C9H8O4. The quantitative estimate of drug-likeness (QED) is 0.317. The summed E-state index contributed by atoms with van der Waals surface area (Å²) in [5, 5.41) is 0. The predicted octanol–water partition coefficient (Wildman–Crippen LogP) is -0.107. The molecule has 0 aliphatic carbocycles. The fourth-order valence-corrected chi connectivity index (χ4v) is 1.15. The number of fused-ring (bicyclic) bond motifs is 1. The van der Waals surface area contributed by atoms with Gasteiger partial charge in [-0.3, -0.25) is 4.79 Å². The molecule has 2 N–H and O–H groups in total. The summed E-state index contributed by atoms with van der Waals surface area (Å²) in [5.41, 5.74) is 0.780. The van der Waals surface area contributed by atoms with Gasteiger partial charge in [0.05, 0.1) is 0 Å². The number of para-hydroxylation sites is 1. The summed E-state index contributed by atoms with van der Waals surface area (Å²) in [5.74, 6) is -0.732. The Labute approximate surface area is 74.4 Å². The highest BCUT2D eigenvalue weighted by Gasteiger charge is 2.24. The average Bonchev–Trinajstić information content (AvgIpc) is 2.07. The average molecular weight is 180 g/mol. The molecule has 1 heterocycles. The minimum atomic E-state index is -0.756. The minimum Gasteiger partial charge on any atom is -0.420 e. The van der Waals surface area contributed by atoms with Crippen molar-refractivity contribution in [3.8, 4) is 5.75 Å². The van der Waals surface area contributed by atoms with Crippen LogP contribution < -0.4 is 4.74 Å². The maximum Gasteiger partial charge on any atom is 0.380 e. The van der Waals surface area contributed by atoms with E-state index in [-0.39, 0.29) is 11.9 Å². The molecule has 0 atom stereocenters. The van der Waals surface area contributed by atoms with Crippen LogP contribution >= 0.6 is 0 Å². The van der Waals surface area contributed by atoms with Crippen LogP contribution in [0.25, 0.3) is 0 Å². The van der Waals surface area contributed by atoms with Gasteiger partial charge in [-0.2, -0.15) is 0 Å². The Balaban J connectivity index is 0.000000845. The highest BCUT2D eigenvalue weighted by atomic mass is 16.5. The summed E-state index contributed by atoms with van der Waals surface area (Å²) in [6, 6.07) is 7.03. The first kappa shape index (κ1) is 9.41. The third kappa shape index (κ3) is 1.57. The number of hydrogen-bond donors (Lipinski definition) is 0. The molecular weight excluding hydrogens is 172 g/mol. The number of rotatable bonds is 0. The third-order valence-corrected chi connectivity index (χ3v) is 1.75. The summed E-state index contributed by atoms with van der Waals surface area (Å²) in [6.07, 6.45) is 0.162. The van der Waals surface area contributed by atoms with Crippen molar-refractivity contribution in [2.75, 3.05) is 0 Å².